The molecule has 0 fully saturated rings. The van der Waals surface area contributed by atoms with Crippen molar-refractivity contribution in [1.82, 2.24) is 0 Å². The first-order chi connectivity index (χ1) is 47.8. The number of esters is 2. The van der Waals surface area contributed by atoms with Gasteiger partial charge in [0.15, 0.2) is 6.10 Å². The van der Waals surface area contributed by atoms with Gasteiger partial charge in [-0.15, -0.1) is 0 Å². The van der Waals surface area contributed by atoms with Gasteiger partial charge in [-0.05, 0) is 57.8 Å². The third-order valence-electron chi connectivity index (χ3n) is 19.4. The quantitative estimate of drug-likeness (QED) is 0.0264. The lowest BCUT2D eigenvalue weighted by Gasteiger charge is -2.19. The number of carbonyl (C=O) groups is 2. The minimum atomic E-state index is -4.40. The molecule has 0 aromatic rings. The summed E-state index contributed by atoms with van der Waals surface area (Å²) in [5, 5.41) is 0. The van der Waals surface area contributed by atoms with Gasteiger partial charge < -0.3 is 20.1 Å². The third kappa shape index (κ3) is 82.6. The van der Waals surface area contributed by atoms with E-state index in [-0.39, 0.29) is 38.6 Å². The van der Waals surface area contributed by atoms with Gasteiger partial charge in [-0.1, -0.05) is 441 Å². The fourth-order valence-corrected chi connectivity index (χ4v) is 13.9. The molecule has 2 atom stereocenters. The number of ether oxygens (including phenoxy) is 2. The molecule has 0 bridgehead atoms. The Hall–Kier alpha value is -2.29. The molecule has 0 spiro atoms. The summed E-state index contributed by atoms with van der Waals surface area (Å²) >= 11 is 0. The van der Waals surface area contributed by atoms with Gasteiger partial charge in [-0.2, -0.15) is 0 Å². The van der Waals surface area contributed by atoms with Crippen LogP contribution in [0.5, 0.6) is 0 Å². The minimum absolute atomic E-state index is 0.0557. The predicted molar refractivity (Wildman–Crippen MR) is 423 cm³/mol. The average molecular weight is 1380 g/mol. The van der Waals surface area contributed by atoms with E-state index < -0.39 is 26.5 Å². The van der Waals surface area contributed by atoms with Crippen molar-refractivity contribution in [1.29, 1.82) is 0 Å². The fraction of sp³-hybridized carbons (Fsp3) is 0.862. The lowest BCUT2D eigenvalue weighted by Crippen LogP contribution is -2.29. The maximum Gasteiger partial charge on any atom is 0.472 e. The fourth-order valence-electron chi connectivity index (χ4n) is 13.1. The number of phosphoric acid groups is 1. The highest BCUT2D eigenvalue weighted by molar-refractivity contribution is 7.47. The Morgan fingerprint density at radius 1 is 0.320 bits per heavy atom. The zero-order chi connectivity index (χ0) is 70.0. The molecule has 0 aliphatic carbocycles. The molecule has 0 aromatic carbocycles. The molecule has 9 nitrogen and oxygen atoms in total. The van der Waals surface area contributed by atoms with Crippen molar-refractivity contribution in [2.45, 2.75) is 457 Å². The van der Waals surface area contributed by atoms with Gasteiger partial charge in [-0.3, -0.25) is 18.6 Å². The highest BCUT2D eigenvalue weighted by atomic mass is 31.2. The summed E-state index contributed by atoms with van der Waals surface area (Å²) in [5.74, 6) is -0.801. The van der Waals surface area contributed by atoms with E-state index in [1.54, 1.807) is 0 Å². The number of allylic oxidation sites excluding steroid dienone is 10. The summed E-state index contributed by atoms with van der Waals surface area (Å²) in [6.45, 7) is 3.72. The maximum absolute atomic E-state index is 12.8. The van der Waals surface area contributed by atoms with Crippen LogP contribution in [0.4, 0.5) is 0 Å². The molecule has 0 heterocycles. The lowest BCUT2D eigenvalue weighted by molar-refractivity contribution is -0.161. The monoisotopic (exact) mass is 1380 g/mol. The van der Waals surface area contributed by atoms with E-state index in [1.165, 1.54) is 353 Å². The second-order valence-corrected chi connectivity index (χ2v) is 30.5. The van der Waals surface area contributed by atoms with E-state index in [4.69, 9.17) is 24.3 Å². The number of rotatable bonds is 82. The summed E-state index contributed by atoms with van der Waals surface area (Å²) in [4.78, 5) is 35.5. The molecule has 0 saturated heterocycles. The van der Waals surface area contributed by atoms with Gasteiger partial charge in [0, 0.05) is 19.4 Å². The summed E-state index contributed by atoms with van der Waals surface area (Å²) in [6, 6.07) is 0. The van der Waals surface area contributed by atoms with Gasteiger partial charge in [-0.25, -0.2) is 4.57 Å². The van der Waals surface area contributed by atoms with Crippen LogP contribution in [0.15, 0.2) is 60.8 Å². The Kier molecular flexibility index (Phi) is 80.7. The molecule has 0 saturated carbocycles. The molecule has 10 heteroatoms. The Bertz CT molecular complexity index is 1780. The van der Waals surface area contributed by atoms with Gasteiger partial charge >= 0.3 is 19.8 Å². The highest BCUT2D eigenvalue weighted by Gasteiger charge is 2.26. The van der Waals surface area contributed by atoms with Crippen LogP contribution in [-0.2, 0) is 32.7 Å². The van der Waals surface area contributed by atoms with Gasteiger partial charge in [0.2, 0.25) is 0 Å². The molecule has 570 valence electrons. The standard InChI is InChI=1S/C87H164NO8P/c1-3-5-7-9-11-13-15-17-19-21-23-25-27-29-31-33-35-37-39-41-42-44-45-47-49-51-53-55-57-59-61-63-65-67-69-71-73-75-77-79-86(89)93-83-85(84-95-97(91,92)94-82-81-88)96-87(90)80-78-76-74-72-70-68-66-64-62-60-58-56-54-52-50-48-46-43-40-38-36-34-32-30-28-26-24-22-20-18-16-14-12-10-8-6-4-2/h6,8,12,14,18,20,24,26,30,32,85H,3-5,7,9-11,13,15-17,19,21-23,25,27-29,31,33-84,88H2,1-2H3,(H,91,92)/b8-6-,14-12-,20-18-,26-24-,32-30-. The summed E-state index contributed by atoms with van der Waals surface area (Å²) in [5.41, 5.74) is 5.42. The number of hydrogen-bond donors (Lipinski definition) is 2. The number of nitrogens with two attached hydrogens (primary N) is 1. The second-order valence-electron chi connectivity index (χ2n) is 29.0. The van der Waals surface area contributed by atoms with Crippen LogP contribution in [0.25, 0.3) is 0 Å². The van der Waals surface area contributed by atoms with Crippen LogP contribution in [-0.4, -0.2) is 49.3 Å². The molecule has 0 aliphatic heterocycles. The largest absolute Gasteiger partial charge is 0.472 e. The van der Waals surface area contributed by atoms with Crippen LogP contribution < -0.4 is 5.73 Å². The van der Waals surface area contributed by atoms with Crippen LogP contribution >= 0.6 is 7.82 Å². The van der Waals surface area contributed by atoms with E-state index in [1.807, 2.05) is 0 Å². The number of unbranched alkanes of at least 4 members (excludes halogenated alkanes) is 59. The van der Waals surface area contributed by atoms with Crippen molar-refractivity contribution < 1.29 is 37.6 Å². The topological polar surface area (TPSA) is 134 Å². The smallest absolute Gasteiger partial charge is 0.462 e. The molecular weight excluding hydrogens is 1220 g/mol. The van der Waals surface area contributed by atoms with Crippen molar-refractivity contribution in [3.8, 4) is 0 Å². The normalized spacial score (nSPS) is 13.1. The Morgan fingerprint density at radius 3 is 0.845 bits per heavy atom. The summed E-state index contributed by atoms with van der Waals surface area (Å²) < 4.78 is 33.3. The van der Waals surface area contributed by atoms with E-state index in [0.717, 1.165) is 64.2 Å². The summed E-state index contributed by atoms with van der Waals surface area (Å²) in [6.07, 6.45) is 110. The van der Waals surface area contributed by atoms with Crippen molar-refractivity contribution in [3.63, 3.8) is 0 Å². The molecule has 97 heavy (non-hydrogen) atoms. The van der Waals surface area contributed by atoms with Crippen LogP contribution in [0.2, 0.25) is 0 Å². The number of carbonyl (C=O) groups excluding carboxylic acids is 2. The third-order valence-corrected chi connectivity index (χ3v) is 20.4. The molecule has 0 aromatic heterocycles. The predicted octanol–water partition coefficient (Wildman–Crippen LogP) is 28.9. The minimum Gasteiger partial charge on any atom is -0.462 e. The SMILES string of the molecule is CC/C=C\C/C=C\C/C=C\C/C=C\C/C=C\CCCCCCCCCCCCCCCCCCCCCCCC(=O)OC(COC(=O)CCCCCCCCCCCCCCCCCCCCCCCCCCCCCCCCCCCCCCCCC)COP(=O)(O)OCCN. The number of hydrogen-bond acceptors (Lipinski definition) is 8. The van der Waals surface area contributed by atoms with Crippen LogP contribution in [0, 0.1) is 0 Å². The molecule has 0 rings (SSSR count). The lowest BCUT2D eigenvalue weighted by atomic mass is 10.0. The van der Waals surface area contributed by atoms with Crippen LogP contribution in [0.3, 0.4) is 0 Å². The first-order valence-corrected chi connectivity index (χ1v) is 44.3. The Balaban J connectivity index is 3.72. The molecular formula is C87H164NO8P. The zero-order valence-corrected chi connectivity index (χ0v) is 65.5. The molecule has 3 N–H and O–H groups in total. The Labute approximate surface area is 603 Å². The highest BCUT2D eigenvalue weighted by Crippen LogP contribution is 2.43. The maximum atomic E-state index is 12.8. The molecule has 2 unspecified atom stereocenters. The van der Waals surface area contributed by atoms with Crippen molar-refractivity contribution in [2.24, 2.45) is 5.73 Å². The Morgan fingerprint density at radius 2 is 0.567 bits per heavy atom. The van der Waals surface area contributed by atoms with Crippen molar-refractivity contribution >= 4 is 19.8 Å². The van der Waals surface area contributed by atoms with E-state index in [0.29, 0.717) is 6.42 Å². The van der Waals surface area contributed by atoms with Gasteiger partial charge in [0.1, 0.15) is 6.61 Å². The zero-order valence-electron chi connectivity index (χ0n) is 64.6. The average Bonchev–Trinajstić information content (AvgIpc) is 2.17. The molecule has 0 radical (unpaired) electrons. The van der Waals surface area contributed by atoms with E-state index in [2.05, 4.69) is 74.6 Å². The van der Waals surface area contributed by atoms with E-state index in [9.17, 15) is 19.0 Å². The molecule has 0 amide bonds. The van der Waals surface area contributed by atoms with Crippen molar-refractivity contribution in [2.75, 3.05) is 26.4 Å². The summed E-state index contributed by atoms with van der Waals surface area (Å²) in [7, 11) is -4.40. The first-order valence-electron chi connectivity index (χ1n) is 42.8. The first kappa shape index (κ1) is 94.7. The molecule has 0 aliphatic rings. The van der Waals surface area contributed by atoms with E-state index >= 15 is 0 Å². The second kappa shape index (κ2) is 82.7. The number of phosphoric ester groups is 1. The van der Waals surface area contributed by atoms with Gasteiger partial charge in [0.25, 0.3) is 0 Å². The van der Waals surface area contributed by atoms with Crippen molar-refractivity contribution in [3.05, 3.63) is 60.8 Å². The van der Waals surface area contributed by atoms with Gasteiger partial charge in [0.05, 0.1) is 13.2 Å². The van der Waals surface area contributed by atoms with Crippen LogP contribution in [0.1, 0.15) is 450 Å².